The van der Waals surface area contributed by atoms with E-state index in [4.69, 9.17) is 14.2 Å². The highest BCUT2D eigenvalue weighted by molar-refractivity contribution is 6.26. The van der Waals surface area contributed by atoms with E-state index in [2.05, 4.69) is 0 Å². The topological polar surface area (TPSA) is 140 Å². The molecule has 0 radical (unpaired) electrons. The Morgan fingerprint density at radius 1 is 0.927 bits per heavy atom. The summed E-state index contributed by atoms with van der Waals surface area (Å²) in [4.78, 5) is 71.0. The van der Waals surface area contributed by atoms with Crippen molar-refractivity contribution in [1.29, 1.82) is 0 Å². The molecule has 5 atom stereocenters. The summed E-state index contributed by atoms with van der Waals surface area (Å²) in [6, 6.07) is -2.73. The number of aliphatic hydroxyl groups excluding tert-OH is 1. The Morgan fingerprint density at radius 3 is 2.10 bits per heavy atom. The van der Waals surface area contributed by atoms with E-state index in [1.165, 1.54) is 28.1 Å². The summed E-state index contributed by atoms with van der Waals surface area (Å²) >= 11 is 0. The van der Waals surface area contributed by atoms with Gasteiger partial charge in [0.1, 0.15) is 6.61 Å². The third-order valence-corrected chi connectivity index (χ3v) is 9.19. The lowest BCUT2D eigenvalue weighted by Crippen LogP contribution is -2.73. The van der Waals surface area contributed by atoms with E-state index in [-0.39, 0.29) is 70.3 Å². The minimum absolute atomic E-state index is 0.0521. The summed E-state index contributed by atoms with van der Waals surface area (Å²) in [7, 11) is 4.41. The molecule has 11 nitrogen and oxygen atoms in total. The lowest BCUT2D eigenvalue weighted by Gasteiger charge is -2.59. The van der Waals surface area contributed by atoms with Gasteiger partial charge in [0, 0.05) is 51.6 Å². The number of ketones is 4. The van der Waals surface area contributed by atoms with Crippen LogP contribution in [0.3, 0.4) is 0 Å². The van der Waals surface area contributed by atoms with Gasteiger partial charge in [0.2, 0.25) is 11.6 Å². The largest absolute Gasteiger partial charge is 0.492 e. The van der Waals surface area contributed by atoms with E-state index in [1.54, 1.807) is 27.0 Å². The Bertz CT molecular complexity index is 1460. The zero-order valence-electron chi connectivity index (χ0n) is 24.2. The number of nitrogens with zero attached hydrogens (tertiary/aromatic N) is 2. The van der Waals surface area contributed by atoms with Crippen LogP contribution in [0, 0.1) is 0 Å². The van der Waals surface area contributed by atoms with E-state index in [0.29, 0.717) is 5.57 Å². The first-order valence-corrected chi connectivity index (χ1v) is 13.5. The number of hydrogen-bond donors (Lipinski definition) is 1. The number of carbonyl (C=O) groups excluding carboxylic acids is 5. The van der Waals surface area contributed by atoms with Crippen molar-refractivity contribution in [3.05, 3.63) is 56.6 Å². The molecule has 0 aromatic carbocycles. The van der Waals surface area contributed by atoms with Crippen molar-refractivity contribution in [2.45, 2.75) is 64.4 Å². The zero-order chi connectivity index (χ0) is 30.1. The number of rotatable bonds is 5. The van der Waals surface area contributed by atoms with Crippen LogP contribution in [-0.2, 0) is 38.2 Å². The number of allylic oxidation sites excluding steroid dienone is 5. The number of Topliss-reactive ketones (excluding diaryl/α,β-unsaturated/α-hetero) is 4. The van der Waals surface area contributed by atoms with Gasteiger partial charge in [0.15, 0.2) is 23.1 Å². The number of aliphatic hydroxyl groups is 1. The maximum absolute atomic E-state index is 13.8. The van der Waals surface area contributed by atoms with Crippen LogP contribution in [-0.4, -0.2) is 109 Å². The lowest BCUT2D eigenvalue weighted by atomic mass is 9.68. The minimum atomic E-state index is -1.29. The number of hydrogen-bond acceptors (Lipinski definition) is 11. The molecule has 5 rings (SSSR count). The van der Waals surface area contributed by atoms with Gasteiger partial charge in [-0.1, -0.05) is 6.08 Å². The van der Waals surface area contributed by atoms with Crippen molar-refractivity contribution < 1.29 is 43.3 Å². The van der Waals surface area contributed by atoms with Gasteiger partial charge in [-0.15, -0.1) is 0 Å². The summed E-state index contributed by atoms with van der Waals surface area (Å²) in [6.07, 6.45) is 0.426. The van der Waals surface area contributed by atoms with E-state index in [9.17, 15) is 29.1 Å². The van der Waals surface area contributed by atoms with E-state index < -0.39 is 53.6 Å². The van der Waals surface area contributed by atoms with Crippen molar-refractivity contribution in [3.63, 3.8) is 0 Å². The molecule has 2 aliphatic carbocycles. The first-order chi connectivity index (χ1) is 19.4. The first kappa shape index (κ1) is 28.8. The summed E-state index contributed by atoms with van der Waals surface area (Å²) in [6.45, 7) is 6.29. The van der Waals surface area contributed by atoms with Gasteiger partial charge in [0.25, 0.3) is 0 Å². The molecule has 3 aliphatic heterocycles. The molecule has 0 saturated carbocycles. The second-order valence-electron chi connectivity index (χ2n) is 11.0. The predicted octanol–water partition coefficient (Wildman–Crippen LogP) is 0.733. The predicted molar refractivity (Wildman–Crippen MR) is 144 cm³/mol. The maximum Gasteiger partial charge on any atom is 0.333 e. The zero-order valence-corrected chi connectivity index (χ0v) is 24.2. The van der Waals surface area contributed by atoms with Crippen LogP contribution >= 0.6 is 0 Å². The molecule has 2 bridgehead atoms. The Hall–Kier alpha value is -3.67. The second kappa shape index (κ2) is 10.3. The molecule has 3 heterocycles. The quantitative estimate of drug-likeness (QED) is 0.286. The highest BCUT2D eigenvalue weighted by Gasteiger charge is 2.58. The fraction of sp³-hybridized carbons (Fsp3) is 0.500. The Morgan fingerprint density at radius 2 is 1.51 bits per heavy atom. The van der Waals surface area contributed by atoms with E-state index >= 15 is 0 Å². The fourth-order valence-corrected chi connectivity index (χ4v) is 6.94. The van der Waals surface area contributed by atoms with Gasteiger partial charge in [0.05, 0.1) is 38.4 Å². The number of likely N-dealkylation sites (N-methyl/N-ethyl adjacent to an activating group) is 1. The van der Waals surface area contributed by atoms with Crippen molar-refractivity contribution in [2.24, 2.45) is 0 Å². The average molecular weight is 567 g/mol. The molecule has 2 unspecified atom stereocenters. The second-order valence-corrected chi connectivity index (χ2v) is 11.0. The molecule has 218 valence electrons. The van der Waals surface area contributed by atoms with Crippen LogP contribution in [0.25, 0.3) is 0 Å². The van der Waals surface area contributed by atoms with Crippen molar-refractivity contribution in [1.82, 2.24) is 9.80 Å². The minimum Gasteiger partial charge on any atom is -0.492 e. The molecule has 5 aliphatic rings. The number of fused-ring (bicyclic) bond motifs is 5. The first-order valence-electron chi connectivity index (χ1n) is 13.5. The smallest absolute Gasteiger partial charge is 0.333 e. The van der Waals surface area contributed by atoms with Crippen molar-refractivity contribution in [3.8, 4) is 0 Å². The molecule has 1 N–H and O–H groups in total. The van der Waals surface area contributed by atoms with Crippen LogP contribution in [0.4, 0.5) is 0 Å². The molecule has 0 amide bonds. The number of methoxy groups -OCH3 is 2. The third-order valence-electron chi connectivity index (χ3n) is 9.19. The normalized spacial score (nSPS) is 30.9. The Balaban J connectivity index is 1.66. The molecule has 1 fully saturated rings. The van der Waals surface area contributed by atoms with E-state index in [0.717, 1.165) is 0 Å². The van der Waals surface area contributed by atoms with Crippen molar-refractivity contribution >= 4 is 29.1 Å². The van der Waals surface area contributed by atoms with Crippen LogP contribution < -0.4 is 0 Å². The lowest BCUT2D eigenvalue weighted by molar-refractivity contribution is -0.143. The Kier molecular flexibility index (Phi) is 7.25. The molecule has 1 saturated heterocycles. The molecule has 11 heteroatoms. The van der Waals surface area contributed by atoms with Gasteiger partial charge in [-0.05, 0) is 41.2 Å². The molecule has 0 aromatic heterocycles. The monoisotopic (exact) mass is 566 g/mol. The molecular formula is C30H34N2O9. The molecule has 0 spiro atoms. The molecular weight excluding hydrogens is 532 g/mol. The molecule has 0 aromatic rings. The SMILES string of the molecule is C/C=C(/C)C(=O)OC[C@H]1C2=C(C[C@H]3C4C5=C(C(=O)C(C)=C(OC)C5=O)[C@H](O)C(CN13)N4C)C(=O)C(C)=C(OC)C2=O. The maximum atomic E-state index is 13.8. The van der Waals surface area contributed by atoms with Gasteiger partial charge in [-0.3, -0.25) is 29.0 Å². The highest BCUT2D eigenvalue weighted by atomic mass is 16.5. The van der Waals surface area contributed by atoms with Crippen molar-refractivity contribution in [2.75, 3.05) is 34.4 Å². The summed E-state index contributed by atoms with van der Waals surface area (Å²) in [5.41, 5.74) is 1.33. The van der Waals surface area contributed by atoms with Gasteiger partial charge >= 0.3 is 5.97 Å². The third kappa shape index (κ3) is 4.01. The number of ether oxygens (including phenoxy) is 3. The van der Waals surface area contributed by atoms with Crippen LogP contribution in [0.15, 0.2) is 56.6 Å². The fourth-order valence-electron chi connectivity index (χ4n) is 6.94. The summed E-state index contributed by atoms with van der Waals surface area (Å²) in [5, 5.41) is 11.5. The van der Waals surface area contributed by atoms with E-state index in [1.807, 2.05) is 9.80 Å². The standard InChI is InChI=1S/C30H34N2O9/c1-8-12(2)30(38)41-11-18-19-15(23(33)13(3)28(39-6)26(19)36)9-16-22-20-21(24(34)14(4)29(40-7)27(20)37)25(35)17(31(22)5)10-32(16)18/h8,16-18,22,25,35H,9-11H2,1-7H3/b12-8-/t16-,17?,18-,22?,25+/m0/s1. The number of piperazine rings is 1. The highest BCUT2D eigenvalue weighted by Crippen LogP contribution is 2.47. The molecule has 41 heavy (non-hydrogen) atoms. The summed E-state index contributed by atoms with van der Waals surface area (Å²) < 4.78 is 16.3. The van der Waals surface area contributed by atoms with Crippen LogP contribution in [0.5, 0.6) is 0 Å². The summed E-state index contributed by atoms with van der Waals surface area (Å²) in [5.74, 6) is -2.47. The van der Waals surface area contributed by atoms with Gasteiger partial charge < -0.3 is 19.3 Å². The average Bonchev–Trinajstić information content (AvgIpc) is 2.95. The van der Waals surface area contributed by atoms with Crippen LogP contribution in [0.1, 0.15) is 34.1 Å². The number of esters is 1. The van der Waals surface area contributed by atoms with Gasteiger partial charge in [-0.25, -0.2) is 4.79 Å². The number of carbonyl (C=O) groups is 5. The Labute approximate surface area is 237 Å². The van der Waals surface area contributed by atoms with Crippen LogP contribution in [0.2, 0.25) is 0 Å². The van der Waals surface area contributed by atoms with Gasteiger partial charge in [-0.2, -0.15) is 0 Å².